The highest BCUT2D eigenvalue weighted by molar-refractivity contribution is 7.87. The van der Waals surface area contributed by atoms with E-state index in [9.17, 15) is 18.5 Å². The number of para-hydroxylation sites is 1. The highest BCUT2D eigenvalue weighted by atomic mass is 32.2. The maximum absolute atomic E-state index is 12.6. The second-order valence-electron chi connectivity index (χ2n) is 5.05. The lowest BCUT2D eigenvalue weighted by atomic mass is 10.2. The minimum absolute atomic E-state index is 0.0191. The summed E-state index contributed by atoms with van der Waals surface area (Å²) < 4.78 is 30.5. The van der Waals surface area contributed by atoms with Crippen molar-refractivity contribution in [2.24, 2.45) is 0 Å². The molecule has 24 heavy (non-hydrogen) atoms. The molecule has 2 aromatic carbocycles. The van der Waals surface area contributed by atoms with Crippen LogP contribution in [-0.2, 0) is 10.1 Å². The smallest absolute Gasteiger partial charge is 0.346 e. The summed E-state index contributed by atoms with van der Waals surface area (Å²) in [7, 11) is -4.39. The van der Waals surface area contributed by atoms with Crippen LogP contribution in [0.5, 0.6) is 5.75 Å². The Morgan fingerprint density at radius 3 is 2.54 bits per heavy atom. The molecule has 0 N–H and O–H groups in total. The lowest BCUT2D eigenvalue weighted by molar-refractivity contribution is -0.388. The van der Waals surface area contributed by atoms with Crippen molar-refractivity contribution < 1.29 is 17.5 Å². The molecule has 0 aliphatic carbocycles. The second kappa shape index (κ2) is 5.89. The molecule has 7 nitrogen and oxygen atoms in total. The third-order valence-electron chi connectivity index (χ3n) is 3.43. The van der Waals surface area contributed by atoms with Crippen molar-refractivity contribution >= 4 is 26.7 Å². The van der Waals surface area contributed by atoms with Crippen LogP contribution in [0, 0.1) is 17.0 Å². The lowest BCUT2D eigenvalue weighted by Crippen LogP contribution is -2.14. The van der Waals surface area contributed by atoms with Gasteiger partial charge in [-0.15, -0.1) is 0 Å². The van der Waals surface area contributed by atoms with Crippen LogP contribution in [0.3, 0.4) is 0 Å². The van der Waals surface area contributed by atoms with Gasteiger partial charge >= 0.3 is 10.1 Å². The highest BCUT2D eigenvalue weighted by Crippen LogP contribution is 2.31. The molecule has 0 saturated carbocycles. The van der Waals surface area contributed by atoms with Gasteiger partial charge in [0.05, 0.1) is 4.92 Å². The number of aryl methyl sites for hydroxylation is 1. The van der Waals surface area contributed by atoms with E-state index in [-0.39, 0.29) is 11.3 Å². The second-order valence-corrected chi connectivity index (χ2v) is 6.53. The number of hydrogen-bond acceptors (Lipinski definition) is 6. The Bertz CT molecular complexity index is 1040. The van der Waals surface area contributed by atoms with Crippen LogP contribution in [0.25, 0.3) is 10.9 Å². The van der Waals surface area contributed by atoms with E-state index < -0.39 is 25.6 Å². The van der Waals surface area contributed by atoms with Gasteiger partial charge in [0.15, 0.2) is 10.6 Å². The molecule has 122 valence electrons. The maximum Gasteiger partial charge on any atom is 0.346 e. The maximum atomic E-state index is 12.6. The predicted octanol–water partition coefficient (Wildman–Crippen LogP) is 3.22. The number of benzene rings is 2. The summed E-state index contributed by atoms with van der Waals surface area (Å²) >= 11 is 0. The number of pyridine rings is 1. The molecule has 0 atom stereocenters. The number of aromatic nitrogens is 1. The fourth-order valence-electron chi connectivity index (χ4n) is 2.41. The minimum Gasteiger partial charge on any atom is -0.376 e. The number of nitrogens with zero attached hydrogens (tertiary/aromatic N) is 2. The van der Waals surface area contributed by atoms with E-state index in [1.165, 1.54) is 31.3 Å². The zero-order chi connectivity index (χ0) is 17.3. The first-order chi connectivity index (χ1) is 11.4. The molecule has 0 aliphatic heterocycles. The van der Waals surface area contributed by atoms with Crippen LogP contribution < -0.4 is 4.18 Å². The first-order valence-corrected chi connectivity index (χ1v) is 8.33. The fraction of sp³-hybridized carbons (Fsp3) is 0.0625. The van der Waals surface area contributed by atoms with Crippen molar-refractivity contribution in [3.63, 3.8) is 0 Å². The summed E-state index contributed by atoms with van der Waals surface area (Å²) in [6.07, 6.45) is 1.51. The third-order valence-corrected chi connectivity index (χ3v) is 4.86. The molecule has 3 aromatic rings. The first kappa shape index (κ1) is 15.9. The Balaban J connectivity index is 2.15. The van der Waals surface area contributed by atoms with E-state index in [4.69, 9.17) is 4.18 Å². The Kier molecular flexibility index (Phi) is 3.90. The van der Waals surface area contributed by atoms with E-state index in [1.54, 1.807) is 24.3 Å². The van der Waals surface area contributed by atoms with Gasteiger partial charge in [-0.05, 0) is 24.6 Å². The number of hydrogen-bond donors (Lipinski definition) is 0. The first-order valence-electron chi connectivity index (χ1n) is 6.92. The Labute approximate surface area is 137 Å². The molecule has 0 unspecified atom stereocenters. The van der Waals surface area contributed by atoms with Crippen LogP contribution in [-0.4, -0.2) is 18.3 Å². The van der Waals surface area contributed by atoms with Gasteiger partial charge in [0.2, 0.25) is 0 Å². The summed E-state index contributed by atoms with van der Waals surface area (Å²) in [5.74, 6) is 0.0191. The summed E-state index contributed by atoms with van der Waals surface area (Å²) in [4.78, 5) is 14.1. The molecule has 1 heterocycles. The van der Waals surface area contributed by atoms with Crippen LogP contribution >= 0.6 is 0 Å². The average molecular weight is 344 g/mol. The largest absolute Gasteiger partial charge is 0.376 e. The molecule has 8 heteroatoms. The normalized spacial score (nSPS) is 11.4. The number of fused-ring (bicyclic) bond motifs is 1. The molecule has 0 bridgehead atoms. The fourth-order valence-corrected chi connectivity index (χ4v) is 3.72. The van der Waals surface area contributed by atoms with Gasteiger partial charge in [0.25, 0.3) is 5.69 Å². The van der Waals surface area contributed by atoms with Crippen molar-refractivity contribution in [2.45, 2.75) is 11.8 Å². The summed E-state index contributed by atoms with van der Waals surface area (Å²) in [6, 6.07) is 12.3. The number of rotatable bonds is 4. The molecule has 0 saturated heterocycles. The van der Waals surface area contributed by atoms with E-state index in [2.05, 4.69) is 4.98 Å². The topological polar surface area (TPSA) is 99.4 Å². The molecule has 0 fully saturated rings. The zero-order valence-electron chi connectivity index (χ0n) is 12.5. The van der Waals surface area contributed by atoms with Crippen molar-refractivity contribution in [1.82, 2.24) is 4.98 Å². The van der Waals surface area contributed by atoms with E-state index >= 15 is 0 Å². The van der Waals surface area contributed by atoms with Crippen molar-refractivity contribution in [2.75, 3.05) is 0 Å². The van der Waals surface area contributed by atoms with Gasteiger partial charge in [-0.1, -0.05) is 30.3 Å². The van der Waals surface area contributed by atoms with Crippen molar-refractivity contribution in [1.29, 1.82) is 0 Å². The van der Waals surface area contributed by atoms with E-state index in [0.717, 1.165) is 6.07 Å². The summed E-state index contributed by atoms with van der Waals surface area (Å²) in [5.41, 5.74) is 0.0698. The quantitative estimate of drug-likeness (QED) is 0.409. The summed E-state index contributed by atoms with van der Waals surface area (Å²) in [5, 5.41) is 11.9. The van der Waals surface area contributed by atoms with Crippen molar-refractivity contribution in [3.05, 3.63) is 70.4 Å². The van der Waals surface area contributed by atoms with Gasteiger partial charge in [0.1, 0.15) is 5.52 Å². The molecular formula is C16H12N2O5S. The molecule has 0 amide bonds. The van der Waals surface area contributed by atoms with Gasteiger partial charge in [-0.2, -0.15) is 8.42 Å². The molecule has 0 aliphatic rings. The van der Waals surface area contributed by atoms with Gasteiger partial charge in [-0.3, -0.25) is 15.1 Å². The molecule has 0 spiro atoms. The Morgan fingerprint density at radius 1 is 1.08 bits per heavy atom. The lowest BCUT2D eigenvalue weighted by Gasteiger charge is -2.11. The summed E-state index contributed by atoms with van der Waals surface area (Å²) in [6.45, 7) is 1.48. The van der Waals surface area contributed by atoms with Gasteiger partial charge < -0.3 is 4.18 Å². The predicted molar refractivity (Wildman–Crippen MR) is 87.4 cm³/mol. The van der Waals surface area contributed by atoms with E-state index in [1.807, 2.05) is 0 Å². The van der Waals surface area contributed by atoms with Crippen LogP contribution in [0.2, 0.25) is 0 Å². The van der Waals surface area contributed by atoms with Gasteiger partial charge in [0, 0.05) is 17.6 Å². The zero-order valence-corrected chi connectivity index (χ0v) is 13.4. The molecule has 0 radical (unpaired) electrons. The SMILES string of the molecule is Cc1cccc([N+](=O)[O-])c1S(=O)(=O)Oc1cccc2cccnc12. The number of nitro groups is 1. The monoisotopic (exact) mass is 344 g/mol. The van der Waals surface area contributed by atoms with Crippen LogP contribution in [0.15, 0.2) is 59.6 Å². The Hall–Kier alpha value is -3.00. The molecule has 1 aromatic heterocycles. The average Bonchev–Trinajstić information content (AvgIpc) is 2.54. The minimum atomic E-state index is -4.39. The van der Waals surface area contributed by atoms with Crippen LogP contribution in [0.4, 0.5) is 5.69 Å². The van der Waals surface area contributed by atoms with Gasteiger partial charge in [-0.25, -0.2) is 0 Å². The molecular weight excluding hydrogens is 332 g/mol. The molecule has 3 rings (SSSR count). The van der Waals surface area contributed by atoms with E-state index in [0.29, 0.717) is 10.9 Å². The number of nitro benzene ring substituents is 1. The van der Waals surface area contributed by atoms with Crippen LogP contribution in [0.1, 0.15) is 5.56 Å². The standard InChI is InChI=1S/C16H12N2O5S/c1-11-5-2-8-13(18(19)20)16(11)24(21,22)23-14-9-3-6-12-7-4-10-17-15(12)14/h2-10H,1H3. The van der Waals surface area contributed by atoms with Crippen molar-refractivity contribution in [3.8, 4) is 5.75 Å². The Morgan fingerprint density at radius 2 is 1.79 bits per heavy atom. The highest BCUT2D eigenvalue weighted by Gasteiger charge is 2.30. The third kappa shape index (κ3) is 2.79.